The zero-order chi connectivity index (χ0) is 10.7. The summed E-state index contributed by atoms with van der Waals surface area (Å²) in [4.78, 5) is 3.92. The summed E-state index contributed by atoms with van der Waals surface area (Å²) in [6.07, 6.45) is 6.76. The van der Waals surface area contributed by atoms with E-state index < -0.39 is 11.7 Å². The average Bonchev–Trinajstić information content (AvgIpc) is 2.68. The summed E-state index contributed by atoms with van der Waals surface area (Å²) < 4.78 is 0. The monoisotopic (exact) mass is 207 g/mol. The third-order valence-electron chi connectivity index (χ3n) is 3.27. The number of aromatic nitrogens is 1. The number of rotatable bonds is 3. The molecule has 1 saturated carbocycles. The Hall–Kier alpha value is -0.930. The molecule has 0 bridgehead atoms. The molecule has 2 rings (SSSR count). The highest BCUT2D eigenvalue weighted by molar-refractivity contribution is 5.12. The van der Waals surface area contributed by atoms with Gasteiger partial charge < -0.3 is 10.2 Å². The highest BCUT2D eigenvalue weighted by atomic mass is 16.3. The minimum atomic E-state index is -0.858. The number of pyridine rings is 1. The van der Waals surface area contributed by atoms with Crippen molar-refractivity contribution in [2.75, 3.05) is 0 Å². The highest BCUT2D eigenvalue weighted by Crippen LogP contribution is 2.33. The second kappa shape index (κ2) is 4.29. The zero-order valence-corrected chi connectivity index (χ0v) is 8.76. The second-order valence-corrected chi connectivity index (χ2v) is 4.39. The van der Waals surface area contributed by atoms with Gasteiger partial charge in [-0.05, 0) is 30.5 Å². The van der Waals surface area contributed by atoms with Crippen molar-refractivity contribution in [1.29, 1.82) is 0 Å². The van der Waals surface area contributed by atoms with Crippen LogP contribution in [0.2, 0.25) is 0 Å². The van der Waals surface area contributed by atoms with Gasteiger partial charge in [0.05, 0.1) is 11.7 Å². The number of hydrogen-bond acceptors (Lipinski definition) is 3. The molecule has 1 aromatic heterocycles. The smallest absolute Gasteiger partial charge is 0.0908 e. The maximum Gasteiger partial charge on any atom is 0.0908 e. The highest BCUT2D eigenvalue weighted by Gasteiger charge is 2.38. The third-order valence-corrected chi connectivity index (χ3v) is 3.27. The summed E-state index contributed by atoms with van der Waals surface area (Å²) in [5.74, 6) is 0. The molecule has 15 heavy (non-hydrogen) atoms. The predicted octanol–water partition coefficient (Wildman–Crippen LogP) is 1.29. The molecule has 0 saturated heterocycles. The molecule has 1 aliphatic carbocycles. The first kappa shape index (κ1) is 10.6. The van der Waals surface area contributed by atoms with E-state index in [2.05, 4.69) is 4.98 Å². The molecule has 1 aliphatic rings. The summed E-state index contributed by atoms with van der Waals surface area (Å²) in [7, 11) is 0. The summed E-state index contributed by atoms with van der Waals surface area (Å²) in [5.41, 5.74) is 0.168. The molecule has 1 fully saturated rings. The van der Waals surface area contributed by atoms with Crippen LogP contribution in [-0.2, 0) is 6.42 Å². The molecule has 0 radical (unpaired) electrons. The second-order valence-electron chi connectivity index (χ2n) is 4.39. The van der Waals surface area contributed by atoms with E-state index in [1.165, 1.54) is 0 Å². The summed E-state index contributed by atoms with van der Waals surface area (Å²) in [6.45, 7) is 0. The number of hydrogen-bond donors (Lipinski definition) is 2. The van der Waals surface area contributed by atoms with Gasteiger partial charge in [0.15, 0.2) is 0 Å². The molecule has 3 nitrogen and oxygen atoms in total. The fourth-order valence-electron chi connectivity index (χ4n) is 2.25. The minimum absolute atomic E-state index is 0.513. The Labute approximate surface area is 89.8 Å². The Morgan fingerprint density at radius 3 is 2.47 bits per heavy atom. The molecule has 82 valence electrons. The van der Waals surface area contributed by atoms with Crippen molar-refractivity contribution >= 4 is 0 Å². The van der Waals surface area contributed by atoms with E-state index in [0.717, 1.165) is 31.2 Å². The van der Waals surface area contributed by atoms with Gasteiger partial charge in [0.1, 0.15) is 0 Å². The lowest BCUT2D eigenvalue weighted by molar-refractivity contribution is -0.0689. The Morgan fingerprint density at radius 2 is 1.87 bits per heavy atom. The topological polar surface area (TPSA) is 53.4 Å². The molecule has 0 spiro atoms. The van der Waals surface area contributed by atoms with Gasteiger partial charge in [0.2, 0.25) is 0 Å². The van der Waals surface area contributed by atoms with Crippen LogP contribution < -0.4 is 0 Å². The minimum Gasteiger partial charge on any atom is -0.390 e. The van der Waals surface area contributed by atoms with Gasteiger partial charge in [-0.15, -0.1) is 0 Å². The van der Waals surface area contributed by atoms with Gasteiger partial charge in [-0.3, -0.25) is 4.98 Å². The first-order valence-electron chi connectivity index (χ1n) is 5.50. The van der Waals surface area contributed by atoms with Crippen LogP contribution in [0.3, 0.4) is 0 Å². The van der Waals surface area contributed by atoms with Crippen molar-refractivity contribution in [2.24, 2.45) is 0 Å². The van der Waals surface area contributed by atoms with E-state index in [4.69, 9.17) is 0 Å². The molecular weight excluding hydrogens is 190 g/mol. The molecular formula is C12H17NO2. The van der Waals surface area contributed by atoms with Crippen LogP contribution in [0.25, 0.3) is 0 Å². The van der Waals surface area contributed by atoms with Crippen LogP contribution >= 0.6 is 0 Å². The summed E-state index contributed by atoms with van der Waals surface area (Å²) in [6, 6.07) is 3.75. The van der Waals surface area contributed by atoms with E-state index in [-0.39, 0.29) is 0 Å². The fourth-order valence-corrected chi connectivity index (χ4v) is 2.25. The lowest BCUT2D eigenvalue weighted by Gasteiger charge is -2.28. The molecule has 2 N–H and O–H groups in total. The number of aliphatic hydroxyl groups is 2. The van der Waals surface area contributed by atoms with Crippen molar-refractivity contribution in [1.82, 2.24) is 4.98 Å². The van der Waals surface area contributed by atoms with Crippen LogP contribution in [0.1, 0.15) is 31.2 Å². The van der Waals surface area contributed by atoms with E-state index in [0.29, 0.717) is 6.42 Å². The van der Waals surface area contributed by atoms with Gasteiger partial charge in [0.25, 0.3) is 0 Å². The number of nitrogens with zero attached hydrogens (tertiary/aromatic N) is 1. The Kier molecular flexibility index (Phi) is 3.03. The molecule has 1 heterocycles. The summed E-state index contributed by atoms with van der Waals surface area (Å²) >= 11 is 0. The van der Waals surface area contributed by atoms with Gasteiger partial charge in [-0.1, -0.05) is 12.8 Å². The summed E-state index contributed by atoms with van der Waals surface area (Å²) in [5, 5.41) is 20.1. The van der Waals surface area contributed by atoms with E-state index >= 15 is 0 Å². The van der Waals surface area contributed by atoms with Crippen molar-refractivity contribution < 1.29 is 10.2 Å². The first-order chi connectivity index (χ1) is 7.21. The first-order valence-corrected chi connectivity index (χ1v) is 5.50. The largest absolute Gasteiger partial charge is 0.390 e. The quantitative estimate of drug-likeness (QED) is 0.785. The number of aliphatic hydroxyl groups excluding tert-OH is 1. The van der Waals surface area contributed by atoms with Crippen molar-refractivity contribution in [3.63, 3.8) is 0 Å². The van der Waals surface area contributed by atoms with Crippen molar-refractivity contribution in [3.8, 4) is 0 Å². The standard InChI is InChI=1S/C12H17NO2/c14-11(12(15)5-1-2-6-12)9-10-3-7-13-8-4-10/h3-4,7-8,11,14-15H,1-2,5-6,9H2. The van der Waals surface area contributed by atoms with Crippen molar-refractivity contribution in [3.05, 3.63) is 30.1 Å². The Morgan fingerprint density at radius 1 is 1.27 bits per heavy atom. The Balaban J connectivity index is 2.00. The molecule has 1 atom stereocenters. The van der Waals surface area contributed by atoms with Gasteiger partial charge in [-0.25, -0.2) is 0 Å². The van der Waals surface area contributed by atoms with Crippen molar-refractivity contribution in [2.45, 2.75) is 43.8 Å². The maximum absolute atomic E-state index is 10.2. The molecule has 0 aliphatic heterocycles. The zero-order valence-electron chi connectivity index (χ0n) is 8.76. The predicted molar refractivity (Wildman–Crippen MR) is 57.4 cm³/mol. The SMILES string of the molecule is OC(Cc1ccncc1)C1(O)CCCC1. The molecule has 0 amide bonds. The third kappa shape index (κ3) is 2.36. The lowest BCUT2D eigenvalue weighted by Crippen LogP contribution is -2.40. The van der Waals surface area contributed by atoms with E-state index in [1.807, 2.05) is 12.1 Å². The van der Waals surface area contributed by atoms with Gasteiger partial charge in [0, 0.05) is 18.8 Å². The average molecular weight is 207 g/mol. The molecule has 1 unspecified atom stereocenters. The molecule has 3 heteroatoms. The normalized spacial score (nSPS) is 21.5. The van der Waals surface area contributed by atoms with Crippen LogP contribution in [0, 0.1) is 0 Å². The lowest BCUT2D eigenvalue weighted by atomic mass is 9.90. The van der Waals surface area contributed by atoms with Gasteiger partial charge in [-0.2, -0.15) is 0 Å². The molecule has 0 aromatic carbocycles. The van der Waals surface area contributed by atoms with E-state index in [9.17, 15) is 10.2 Å². The van der Waals surface area contributed by atoms with Gasteiger partial charge >= 0.3 is 0 Å². The van der Waals surface area contributed by atoms with Crippen LogP contribution in [0.4, 0.5) is 0 Å². The van der Waals surface area contributed by atoms with Crippen LogP contribution in [-0.4, -0.2) is 26.9 Å². The van der Waals surface area contributed by atoms with Crippen LogP contribution in [0.15, 0.2) is 24.5 Å². The van der Waals surface area contributed by atoms with Crippen LogP contribution in [0.5, 0.6) is 0 Å². The molecule has 1 aromatic rings. The Bertz CT molecular complexity index is 307. The van der Waals surface area contributed by atoms with E-state index in [1.54, 1.807) is 12.4 Å². The fraction of sp³-hybridized carbons (Fsp3) is 0.583. The maximum atomic E-state index is 10.2.